The molecule has 0 aliphatic heterocycles. The lowest BCUT2D eigenvalue weighted by molar-refractivity contribution is 0.619. The van der Waals surface area contributed by atoms with Gasteiger partial charge in [0.05, 0.1) is 11.6 Å². The first-order valence-electron chi connectivity index (χ1n) is 8.81. The van der Waals surface area contributed by atoms with Crippen LogP contribution in [0.1, 0.15) is 32.4 Å². The zero-order chi connectivity index (χ0) is 18.7. The van der Waals surface area contributed by atoms with E-state index in [0.29, 0.717) is 12.5 Å². The van der Waals surface area contributed by atoms with Gasteiger partial charge in [-0.2, -0.15) is 15.1 Å². The summed E-state index contributed by atoms with van der Waals surface area (Å²) in [6.07, 6.45) is 1.80. The smallest absolute Gasteiger partial charge is 0.226 e. The Bertz CT molecular complexity index is 865. The van der Waals surface area contributed by atoms with Crippen molar-refractivity contribution < 1.29 is 0 Å². The minimum absolute atomic E-state index is 0.105. The summed E-state index contributed by atoms with van der Waals surface area (Å²) < 4.78 is 1.77. The Morgan fingerprint density at radius 1 is 1.12 bits per heavy atom. The predicted octanol–water partition coefficient (Wildman–Crippen LogP) is 2.95. The normalized spacial score (nSPS) is 13.0. The molecule has 0 bridgehead atoms. The molecule has 0 amide bonds. The molecule has 7 nitrogen and oxygen atoms in total. The number of likely N-dealkylation sites (N-methyl/N-ethyl adjacent to an activating group) is 1. The van der Waals surface area contributed by atoms with Gasteiger partial charge in [0.2, 0.25) is 5.95 Å². The Balaban J connectivity index is 1.86. The van der Waals surface area contributed by atoms with Crippen LogP contribution in [0.4, 0.5) is 11.8 Å². The minimum atomic E-state index is -0.105. The molecule has 0 saturated heterocycles. The van der Waals surface area contributed by atoms with E-state index in [4.69, 9.17) is 0 Å². The monoisotopic (exact) mass is 353 g/mol. The van der Waals surface area contributed by atoms with E-state index in [0.717, 1.165) is 16.9 Å². The van der Waals surface area contributed by atoms with Crippen LogP contribution in [0.5, 0.6) is 0 Å². The fraction of sp³-hybridized carbons (Fsp3) is 0.421. The first kappa shape index (κ1) is 18.1. The number of rotatable bonds is 6. The van der Waals surface area contributed by atoms with E-state index in [1.807, 2.05) is 32.3 Å². The van der Waals surface area contributed by atoms with E-state index in [1.54, 1.807) is 10.9 Å². The summed E-state index contributed by atoms with van der Waals surface area (Å²) in [4.78, 5) is 9.32. The van der Waals surface area contributed by atoms with Crippen molar-refractivity contribution in [1.82, 2.24) is 25.1 Å². The Hall–Kier alpha value is -2.67. The zero-order valence-electron chi connectivity index (χ0n) is 16.0. The van der Waals surface area contributed by atoms with Gasteiger partial charge >= 0.3 is 0 Å². The summed E-state index contributed by atoms with van der Waals surface area (Å²) in [5.74, 6) is 1.38. The summed E-state index contributed by atoms with van der Waals surface area (Å²) in [6.45, 7) is 7.00. The molecule has 0 radical (unpaired) electrons. The molecule has 138 valence electrons. The summed E-state index contributed by atoms with van der Waals surface area (Å²) >= 11 is 0. The lowest BCUT2D eigenvalue weighted by Gasteiger charge is -2.22. The third kappa shape index (κ3) is 4.11. The van der Waals surface area contributed by atoms with Gasteiger partial charge in [-0.1, -0.05) is 30.3 Å². The predicted molar refractivity (Wildman–Crippen MR) is 106 cm³/mol. The largest absolute Gasteiger partial charge is 0.365 e. The molecule has 3 N–H and O–H groups in total. The maximum atomic E-state index is 4.69. The summed E-state index contributed by atoms with van der Waals surface area (Å²) in [7, 11) is 3.84. The number of nitrogens with one attached hydrogen (secondary N) is 3. The quantitative estimate of drug-likeness (QED) is 0.632. The van der Waals surface area contributed by atoms with Crippen molar-refractivity contribution in [1.29, 1.82) is 0 Å². The highest BCUT2D eigenvalue weighted by Crippen LogP contribution is 2.24. The van der Waals surface area contributed by atoms with Gasteiger partial charge in [0.25, 0.3) is 0 Å². The van der Waals surface area contributed by atoms with Crippen molar-refractivity contribution in [2.45, 2.75) is 32.4 Å². The van der Waals surface area contributed by atoms with Crippen LogP contribution in [0.25, 0.3) is 11.0 Å². The van der Waals surface area contributed by atoms with Crippen LogP contribution in [0.3, 0.4) is 0 Å². The van der Waals surface area contributed by atoms with Gasteiger partial charge in [-0.25, -0.2) is 0 Å². The summed E-state index contributed by atoms with van der Waals surface area (Å²) in [5.41, 5.74) is 1.92. The molecule has 7 heteroatoms. The molecule has 0 unspecified atom stereocenters. The number of benzene rings is 1. The first-order valence-corrected chi connectivity index (χ1v) is 8.81. The lowest BCUT2D eigenvalue weighted by atomic mass is 10.1. The molecule has 26 heavy (non-hydrogen) atoms. The first-order chi connectivity index (χ1) is 12.4. The number of hydrogen-bond acceptors (Lipinski definition) is 6. The maximum absolute atomic E-state index is 4.69. The second-order valence-electron chi connectivity index (χ2n) is 7.41. The molecular formula is C19H27N7. The minimum Gasteiger partial charge on any atom is -0.365 e. The van der Waals surface area contributed by atoms with Gasteiger partial charge in [-0.3, -0.25) is 4.68 Å². The highest BCUT2D eigenvalue weighted by atomic mass is 15.3. The molecule has 1 atom stereocenters. The van der Waals surface area contributed by atoms with Gasteiger partial charge in [0.15, 0.2) is 5.65 Å². The standard InChI is InChI=1S/C19H27N7/c1-19(2,3)25-16-14-11-22-26(5)17(14)24-18(23-16)21-12-15(20-4)13-9-7-6-8-10-13/h6-11,15,20H,12H2,1-5H3,(H2,21,23,24,25)/t15-/m0/s1. The van der Waals surface area contributed by atoms with Crippen LogP contribution in [0.2, 0.25) is 0 Å². The van der Waals surface area contributed by atoms with Crippen molar-refractivity contribution >= 4 is 22.8 Å². The molecule has 0 spiro atoms. The van der Waals surface area contributed by atoms with E-state index in [-0.39, 0.29) is 11.6 Å². The average molecular weight is 353 g/mol. The van der Waals surface area contributed by atoms with E-state index < -0.39 is 0 Å². The molecule has 0 aliphatic rings. The van der Waals surface area contributed by atoms with Gasteiger partial charge in [-0.15, -0.1) is 0 Å². The molecule has 2 heterocycles. The molecular weight excluding hydrogens is 326 g/mol. The topological polar surface area (TPSA) is 79.7 Å². The van der Waals surface area contributed by atoms with Crippen LogP contribution < -0.4 is 16.0 Å². The Morgan fingerprint density at radius 2 is 1.85 bits per heavy atom. The number of aryl methyl sites for hydroxylation is 1. The third-order valence-electron chi connectivity index (χ3n) is 4.10. The molecule has 2 aromatic heterocycles. The van der Waals surface area contributed by atoms with Gasteiger partial charge in [0.1, 0.15) is 5.82 Å². The highest BCUT2D eigenvalue weighted by molar-refractivity contribution is 5.87. The summed E-state index contributed by atoms with van der Waals surface area (Å²) in [5, 5.41) is 15.4. The van der Waals surface area contributed by atoms with E-state index in [2.05, 4.69) is 63.9 Å². The molecule has 0 aliphatic carbocycles. The van der Waals surface area contributed by atoms with Crippen molar-refractivity contribution in [3.8, 4) is 0 Å². The lowest BCUT2D eigenvalue weighted by Crippen LogP contribution is -2.28. The number of nitrogens with zero attached hydrogens (tertiary/aromatic N) is 4. The van der Waals surface area contributed by atoms with Gasteiger partial charge in [0, 0.05) is 25.2 Å². The molecule has 0 saturated carbocycles. The zero-order valence-corrected chi connectivity index (χ0v) is 16.0. The van der Waals surface area contributed by atoms with E-state index in [9.17, 15) is 0 Å². The number of aromatic nitrogens is 4. The van der Waals surface area contributed by atoms with E-state index >= 15 is 0 Å². The molecule has 3 aromatic rings. The second-order valence-corrected chi connectivity index (χ2v) is 7.41. The van der Waals surface area contributed by atoms with E-state index in [1.165, 1.54) is 5.56 Å². The number of anilines is 2. The Morgan fingerprint density at radius 3 is 2.50 bits per heavy atom. The SMILES string of the molecule is CN[C@@H](CNc1nc(NC(C)(C)C)c2cnn(C)c2n1)c1ccccc1. The number of hydrogen-bond donors (Lipinski definition) is 3. The van der Waals surface area contributed by atoms with Crippen LogP contribution in [0, 0.1) is 0 Å². The molecule has 0 fully saturated rings. The Kier molecular flexibility index (Phi) is 5.08. The van der Waals surface area contributed by atoms with Crippen LogP contribution in [0.15, 0.2) is 36.5 Å². The van der Waals surface area contributed by atoms with Crippen molar-refractivity contribution in [3.63, 3.8) is 0 Å². The van der Waals surface area contributed by atoms with Gasteiger partial charge in [-0.05, 0) is 33.4 Å². The maximum Gasteiger partial charge on any atom is 0.226 e. The van der Waals surface area contributed by atoms with Crippen molar-refractivity contribution in [2.24, 2.45) is 7.05 Å². The van der Waals surface area contributed by atoms with Crippen LogP contribution in [-0.2, 0) is 7.05 Å². The molecule has 3 rings (SSSR count). The van der Waals surface area contributed by atoms with Crippen LogP contribution in [-0.4, -0.2) is 38.9 Å². The Labute approximate surface area is 154 Å². The highest BCUT2D eigenvalue weighted by Gasteiger charge is 2.17. The fourth-order valence-corrected chi connectivity index (χ4v) is 2.82. The van der Waals surface area contributed by atoms with Crippen molar-refractivity contribution in [3.05, 3.63) is 42.1 Å². The van der Waals surface area contributed by atoms with Crippen LogP contribution >= 0.6 is 0 Å². The second kappa shape index (κ2) is 7.29. The molecule has 1 aromatic carbocycles. The third-order valence-corrected chi connectivity index (χ3v) is 4.10. The number of fused-ring (bicyclic) bond motifs is 1. The summed E-state index contributed by atoms with van der Waals surface area (Å²) in [6, 6.07) is 10.5. The van der Waals surface area contributed by atoms with Gasteiger partial charge < -0.3 is 16.0 Å². The fourth-order valence-electron chi connectivity index (χ4n) is 2.82. The average Bonchev–Trinajstić information content (AvgIpc) is 2.97. The van der Waals surface area contributed by atoms with Crippen molar-refractivity contribution in [2.75, 3.05) is 24.2 Å².